The van der Waals surface area contributed by atoms with Crippen LogP contribution < -0.4 is 0 Å². The summed E-state index contributed by atoms with van der Waals surface area (Å²) in [5, 5.41) is 8.52. The minimum absolute atomic E-state index is 0. The number of hydrogen-bond acceptors (Lipinski definition) is 1. The standard InChI is InChI=1S/C3H4Cl3GeN.ClH/c4-7(5,6)2-1-3-8;/h1-2H2;1H. The minimum atomic E-state index is -2.91. The van der Waals surface area contributed by atoms with Crippen LogP contribution in [0.15, 0.2) is 0 Å². The Hall–Kier alpha value is 1.19. The van der Waals surface area contributed by atoms with Crippen molar-refractivity contribution in [1.82, 2.24) is 0 Å². The zero-order chi connectivity index (χ0) is 6.62. The molecule has 0 heterocycles. The van der Waals surface area contributed by atoms with Gasteiger partial charge in [0.15, 0.2) is 0 Å². The maximum absolute atomic E-state index is 8.03. The second-order valence-electron chi connectivity index (χ2n) is 1.27. The molecule has 0 unspecified atom stereocenters. The molecule has 1 nitrogen and oxygen atoms in total. The Morgan fingerprint density at radius 1 is 1.33 bits per heavy atom. The first-order valence-electron chi connectivity index (χ1n) is 2.00. The Morgan fingerprint density at radius 3 is 1.89 bits per heavy atom. The van der Waals surface area contributed by atoms with E-state index in [2.05, 4.69) is 0 Å². The second kappa shape index (κ2) is 5.94. The van der Waals surface area contributed by atoms with Crippen LogP contribution in [0, 0.1) is 11.3 Å². The van der Waals surface area contributed by atoms with Crippen LogP contribution in [-0.4, -0.2) is 10.5 Å². The molecule has 0 aliphatic carbocycles. The van der Waals surface area contributed by atoms with Crippen LogP contribution in [0.3, 0.4) is 0 Å². The van der Waals surface area contributed by atoms with Crippen molar-refractivity contribution < 1.29 is 0 Å². The van der Waals surface area contributed by atoms with Crippen molar-refractivity contribution in [2.24, 2.45) is 0 Å². The number of rotatable bonds is 2. The summed E-state index contributed by atoms with van der Waals surface area (Å²) in [4.78, 5) is 0. The molecule has 0 fully saturated rings. The molecular weight excluding hydrogens is 264 g/mol. The van der Waals surface area contributed by atoms with Gasteiger partial charge in [0, 0.05) is 0 Å². The quantitative estimate of drug-likeness (QED) is 0.707. The van der Waals surface area contributed by atoms with E-state index in [0.29, 0.717) is 11.7 Å². The fourth-order valence-electron chi connectivity index (χ4n) is 0.198. The summed E-state index contributed by atoms with van der Waals surface area (Å²) < 4.78 is 0. The third-order valence-electron chi connectivity index (χ3n) is 0.520. The van der Waals surface area contributed by atoms with E-state index >= 15 is 0 Å². The van der Waals surface area contributed by atoms with Crippen LogP contribution in [0.2, 0.25) is 5.25 Å². The van der Waals surface area contributed by atoms with E-state index in [1.54, 1.807) is 0 Å². The van der Waals surface area contributed by atoms with Crippen LogP contribution in [0.25, 0.3) is 0 Å². The topological polar surface area (TPSA) is 23.8 Å². The van der Waals surface area contributed by atoms with Crippen molar-refractivity contribution in [2.45, 2.75) is 11.7 Å². The van der Waals surface area contributed by atoms with Gasteiger partial charge in [-0.1, -0.05) is 0 Å². The van der Waals surface area contributed by atoms with Gasteiger partial charge in [-0.2, -0.15) is 0 Å². The molecule has 54 valence electrons. The molecule has 0 saturated carbocycles. The Balaban J connectivity index is 0. The molecule has 0 saturated heterocycles. The first-order valence-corrected chi connectivity index (χ1v) is 11.8. The van der Waals surface area contributed by atoms with Crippen molar-refractivity contribution in [3.05, 3.63) is 0 Å². The fraction of sp³-hybridized carbons (Fsp3) is 0.667. The van der Waals surface area contributed by atoms with Gasteiger partial charge in [-0.3, -0.25) is 0 Å². The molecular formula is C3H5Cl4GeN. The molecule has 0 aromatic heterocycles. The van der Waals surface area contributed by atoms with E-state index in [9.17, 15) is 0 Å². The van der Waals surface area contributed by atoms with Gasteiger partial charge in [0.05, 0.1) is 0 Å². The number of halogens is 4. The molecule has 0 amide bonds. The SMILES string of the molecule is Cl.N#CC[CH2][Ge]([Cl])([Cl])[Cl]. The third kappa shape index (κ3) is 12.4. The van der Waals surface area contributed by atoms with E-state index in [4.69, 9.17) is 35.3 Å². The number of nitriles is 1. The molecule has 0 bridgehead atoms. The summed E-state index contributed by atoms with van der Waals surface area (Å²) in [7, 11) is 13.5. The zero-order valence-electron chi connectivity index (χ0n) is 4.40. The van der Waals surface area contributed by atoms with E-state index in [1.165, 1.54) is 0 Å². The van der Waals surface area contributed by atoms with Gasteiger partial charge >= 0.3 is 63.5 Å². The number of nitrogens with zero attached hydrogens (tertiary/aromatic N) is 1. The van der Waals surface area contributed by atoms with Crippen molar-refractivity contribution in [1.29, 1.82) is 5.26 Å². The molecule has 0 aliphatic rings. The summed E-state index contributed by atoms with van der Waals surface area (Å²) >= 11 is 0. The molecule has 9 heavy (non-hydrogen) atoms. The Kier molecular flexibility index (Phi) is 8.47. The van der Waals surface area contributed by atoms with Gasteiger partial charge in [-0.25, -0.2) is 0 Å². The average Bonchev–Trinajstić information content (AvgIpc) is 1.59. The van der Waals surface area contributed by atoms with E-state index < -0.39 is 10.5 Å². The summed E-state index contributed by atoms with van der Waals surface area (Å²) in [5.74, 6) is 0. The maximum atomic E-state index is 8.03. The molecule has 0 N–H and O–H groups in total. The van der Waals surface area contributed by atoms with Crippen LogP contribution in [0.5, 0.6) is 0 Å². The monoisotopic (exact) mass is 269 g/mol. The fourth-order valence-corrected chi connectivity index (χ4v) is 2.50. The molecule has 0 rings (SSSR count). The van der Waals surface area contributed by atoms with Gasteiger partial charge in [0.1, 0.15) is 0 Å². The normalized spacial score (nSPS) is 9.56. The third-order valence-corrected chi connectivity index (χ3v) is 5.18. The van der Waals surface area contributed by atoms with Crippen LogP contribution in [0.4, 0.5) is 0 Å². The van der Waals surface area contributed by atoms with Gasteiger partial charge in [0.2, 0.25) is 0 Å². The van der Waals surface area contributed by atoms with Crippen LogP contribution in [-0.2, 0) is 0 Å². The van der Waals surface area contributed by atoms with Crippen LogP contribution >= 0.6 is 42.4 Å². The zero-order valence-corrected chi connectivity index (χ0v) is 9.59. The van der Waals surface area contributed by atoms with Gasteiger partial charge in [0.25, 0.3) is 0 Å². The average molecular weight is 270 g/mol. The van der Waals surface area contributed by atoms with E-state index in [-0.39, 0.29) is 12.4 Å². The molecule has 6 heteroatoms. The Morgan fingerprint density at radius 2 is 1.78 bits per heavy atom. The Labute approximate surface area is 75.6 Å². The van der Waals surface area contributed by atoms with Gasteiger partial charge in [-0.05, 0) is 0 Å². The van der Waals surface area contributed by atoms with Gasteiger partial charge < -0.3 is 0 Å². The molecule has 0 radical (unpaired) electrons. The summed E-state index contributed by atoms with van der Waals surface area (Å²) in [6.07, 6.45) is 0.372. The van der Waals surface area contributed by atoms with E-state index in [0.717, 1.165) is 0 Å². The summed E-state index contributed by atoms with van der Waals surface area (Å²) in [6.45, 7) is 0. The van der Waals surface area contributed by atoms with Crippen molar-refractivity contribution in [3.8, 4) is 6.07 Å². The van der Waals surface area contributed by atoms with Crippen molar-refractivity contribution in [3.63, 3.8) is 0 Å². The molecule has 0 aliphatic heterocycles. The second-order valence-corrected chi connectivity index (χ2v) is 18.0. The summed E-state index contributed by atoms with van der Waals surface area (Å²) in [6, 6.07) is 1.92. The first-order chi connectivity index (χ1) is 3.56. The predicted octanol–water partition coefficient (Wildman–Crippen LogP) is 2.98. The van der Waals surface area contributed by atoms with Crippen molar-refractivity contribution >= 4 is 52.9 Å². The molecule has 0 atom stereocenters. The number of hydrogen-bond donors (Lipinski definition) is 0. The first kappa shape index (κ1) is 12.8. The van der Waals surface area contributed by atoms with Crippen molar-refractivity contribution in [2.75, 3.05) is 0 Å². The predicted molar refractivity (Wildman–Crippen MR) is 45.6 cm³/mol. The summed E-state index contributed by atoms with van der Waals surface area (Å²) in [5.41, 5.74) is 0. The van der Waals surface area contributed by atoms with E-state index in [1.807, 2.05) is 6.07 Å². The van der Waals surface area contributed by atoms with Gasteiger partial charge in [-0.15, -0.1) is 12.4 Å². The molecule has 0 spiro atoms. The van der Waals surface area contributed by atoms with Crippen LogP contribution in [0.1, 0.15) is 6.42 Å². The Bertz CT molecular complexity index is 103. The molecule has 0 aromatic rings. The molecule has 0 aromatic carbocycles.